The Morgan fingerprint density at radius 2 is 2.19 bits per heavy atom. The van der Waals surface area contributed by atoms with E-state index in [-0.39, 0.29) is 5.91 Å². The minimum Gasteiger partial charge on any atom is -0.359 e. The van der Waals surface area contributed by atoms with Crippen molar-refractivity contribution in [3.8, 4) is 0 Å². The molecule has 0 unspecified atom stereocenters. The van der Waals surface area contributed by atoms with Crippen LogP contribution in [0.2, 0.25) is 0 Å². The van der Waals surface area contributed by atoms with Crippen LogP contribution in [0.5, 0.6) is 0 Å². The Kier molecular flexibility index (Phi) is 4.00. The predicted octanol–water partition coefficient (Wildman–Crippen LogP) is 0.240. The van der Waals surface area contributed by atoms with Crippen LogP contribution < -0.4 is 10.6 Å². The van der Waals surface area contributed by atoms with E-state index in [1.165, 1.54) is 0 Å². The van der Waals surface area contributed by atoms with Gasteiger partial charge in [0.05, 0.1) is 12.0 Å². The number of nitrogens with one attached hydrogen (secondary N) is 2. The van der Waals surface area contributed by atoms with Crippen molar-refractivity contribution in [2.45, 2.75) is 27.3 Å². The van der Waals surface area contributed by atoms with Crippen molar-refractivity contribution in [3.05, 3.63) is 11.7 Å². The maximum atomic E-state index is 11.5. The Labute approximate surface area is 94.8 Å². The minimum absolute atomic E-state index is 0.00397. The lowest BCUT2D eigenvalue weighted by Crippen LogP contribution is -2.41. The van der Waals surface area contributed by atoms with Crippen molar-refractivity contribution in [3.63, 3.8) is 0 Å². The maximum absolute atomic E-state index is 11.5. The molecule has 1 aromatic rings. The zero-order valence-electron chi connectivity index (χ0n) is 10.1. The number of hydrogen-bond acceptors (Lipinski definition) is 5. The second-order valence-corrected chi connectivity index (χ2v) is 4.30. The molecule has 6 nitrogen and oxygen atoms in total. The highest BCUT2D eigenvalue weighted by Gasteiger charge is 2.25. The lowest BCUT2D eigenvalue weighted by molar-refractivity contribution is -0.128. The Bertz CT molecular complexity index is 359. The smallest absolute Gasteiger partial charge is 0.226 e. The standard InChI is InChI=1S/C10H18N4O2/c1-7-13-8(14-16-7)5-12-6-10(2,3)9(15)11-4/h12H,5-6H2,1-4H3,(H,11,15). The summed E-state index contributed by atoms with van der Waals surface area (Å²) in [5.41, 5.74) is -0.451. The Morgan fingerprint density at radius 3 is 2.69 bits per heavy atom. The van der Waals surface area contributed by atoms with Gasteiger partial charge >= 0.3 is 0 Å². The number of hydrogen-bond donors (Lipinski definition) is 2. The molecule has 0 radical (unpaired) electrons. The molecule has 0 bridgehead atoms. The molecule has 0 fully saturated rings. The average molecular weight is 226 g/mol. The van der Waals surface area contributed by atoms with Gasteiger partial charge in [-0.25, -0.2) is 0 Å². The van der Waals surface area contributed by atoms with Crippen LogP contribution in [0.15, 0.2) is 4.52 Å². The topological polar surface area (TPSA) is 80.0 Å². The fourth-order valence-corrected chi connectivity index (χ4v) is 1.32. The summed E-state index contributed by atoms with van der Waals surface area (Å²) < 4.78 is 4.84. The summed E-state index contributed by atoms with van der Waals surface area (Å²) in [6.45, 7) is 6.55. The zero-order chi connectivity index (χ0) is 12.2. The third-order valence-electron chi connectivity index (χ3n) is 2.26. The summed E-state index contributed by atoms with van der Waals surface area (Å²) >= 11 is 0. The summed E-state index contributed by atoms with van der Waals surface area (Å²) in [6.07, 6.45) is 0. The van der Waals surface area contributed by atoms with Gasteiger partial charge in [0.2, 0.25) is 11.8 Å². The van der Waals surface area contributed by atoms with Gasteiger partial charge < -0.3 is 15.2 Å². The highest BCUT2D eigenvalue weighted by atomic mass is 16.5. The van der Waals surface area contributed by atoms with Crippen molar-refractivity contribution >= 4 is 5.91 Å². The highest BCUT2D eigenvalue weighted by molar-refractivity contribution is 5.81. The molecule has 0 saturated carbocycles. The van der Waals surface area contributed by atoms with Gasteiger partial charge in [0.25, 0.3) is 0 Å². The monoisotopic (exact) mass is 226 g/mol. The number of rotatable bonds is 5. The van der Waals surface area contributed by atoms with Gasteiger partial charge in [-0.15, -0.1) is 0 Å². The van der Waals surface area contributed by atoms with E-state index in [1.807, 2.05) is 13.8 Å². The van der Waals surface area contributed by atoms with E-state index in [0.717, 1.165) is 0 Å². The first-order valence-electron chi connectivity index (χ1n) is 5.18. The maximum Gasteiger partial charge on any atom is 0.226 e. The normalized spacial score (nSPS) is 11.5. The van der Waals surface area contributed by atoms with E-state index < -0.39 is 5.41 Å². The number of aromatic nitrogens is 2. The third-order valence-corrected chi connectivity index (χ3v) is 2.26. The third kappa shape index (κ3) is 3.30. The van der Waals surface area contributed by atoms with Crippen LogP contribution >= 0.6 is 0 Å². The molecule has 1 amide bonds. The van der Waals surface area contributed by atoms with E-state index in [0.29, 0.717) is 24.8 Å². The molecule has 16 heavy (non-hydrogen) atoms. The van der Waals surface area contributed by atoms with Crippen LogP contribution in [0.1, 0.15) is 25.6 Å². The van der Waals surface area contributed by atoms with Crippen LogP contribution in [-0.4, -0.2) is 29.6 Å². The summed E-state index contributed by atoms with van der Waals surface area (Å²) in [5.74, 6) is 1.15. The number of nitrogens with zero attached hydrogens (tertiary/aromatic N) is 2. The second kappa shape index (κ2) is 5.07. The Morgan fingerprint density at radius 1 is 1.50 bits per heavy atom. The fourth-order valence-electron chi connectivity index (χ4n) is 1.32. The van der Waals surface area contributed by atoms with Crippen molar-refractivity contribution in [2.24, 2.45) is 5.41 Å². The molecule has 90 valence electrons. The molecule has 0 aliphatic heterocycles. The predicted molar refractivity (Wildman–Crippen MR) is 58.6 cm³/mol. The lowest BCUT2D eigenvalue weighted by atomic mass is 9.92. The van der Waals surface area contributed by atoms with Crippen molar-refractivity contribution in [2.75, 3.05) is 13.6 Å². The highest BCUT2D eigenvalue weighted by Crippen LogP contribution is 2.13. The minimum atomic E-state index is -0.451. The van der Waals surface area contributed by atoms with Crippen molar-refractivity contribution in [1.29, 1.82) is 0 Å². The summed E-state index contributed by atoms with van der Waals surface area (Å²) in [4.78, 5) is 15.5. The van der Waals surface area contributed by atoms with Crippen LogP contribution in [0, 0.1) is 12.3 Å². The van der Waals surface area contributed by atoms with E-state index in [4.69, 9.17) is 4.52 Å². The number of carbonyl (C=O) groups excluding carboxylic acids is 1. The molecule has 0 spiro atoms. The largest absolute Gasteiger partial charge is 0.359 e. The summed E-state index contributed by atoms with van der Waals surface area (Å²) in [6, 6.07) is 0. The molecule has 0 saturated heterocycles. The molecule has 0 aliphatic carbocycles. The molecule has 1 heterocycles. The molecule has 0 aliphatic rings. The van der Waals surface area contributed by atoms with Gasteiger partial charge in [-0.2, -0.15) is 4.98 Å². The van der Waals surface area contributed by atoms with E-state index in [9.17, 15) is 4.79 Å². The van der Waals surface area contributed by atoms with Gasteiger partial charge in [-0.3, -0.25) is 4.79 Å². The van der Waals surface area contributed by atoms with Gasteiger partial charge in [-0.1, -0.05) is 5.16 Å². The summed E-state index contributed by atoms with van der Waals surface area (Å²) in [5, 5.41) is 9.51. The number of carbonyl (C=O) groups is 1. The van der Waals surface area contributed by atoms with Crippen molar-refractivity contribution < 1.29 is 9.32 Å². The van der Waals surface area contributed by atoms with Crippen LogP contribution in [0.4, 0.5) is 0 Å². The number of aryl methyl sites for hydroxylation is 1. The van der Waals surface area contributed by atoms with Gasteiger partial charge in [0, 0.05) is 20.5 Å². The van der Waals surface area contributed by atoms with Crippen LogP contribution in [0.25, 0.3) is 0 Å². The van der Waals surface area contributed by atoms with E-state index >= 15 is 0 Å². The Hall–Kier alpha value is -1.43. The van der Waals surface area contributed by atoms with E-state index in [2.05, 4.69) is 20.8 Å². The van der Waals surface area contributed by atoms with E-state index in [1.54, 1.807) is 14.0 Å². The molecular weight excluding hydrogens is 208 g/mol. The first kappa shape index (κ1) is 12.6. The molecule has 2 N–H and O–H groups in total. The Balaban J connectivity index is 2.38. The first-order chi connectivity index (χ1) is 7.45. The molecule has 1 rings (SSSR count). The zero-order valence-corrected chi connectivity index (χ0v) is 10.1. The van der Waals surface area contributed by atoms with Gasteiger partial charge in [0.1, 0.15) is 0 Å². The second-order valence-electron chi connectivity index (χ2n) is 4.30. The number of amides is 1. The lowest BCUT2D eigenvalue weighted by Gasteiger charge is -2.22. The van der Waals surface area contributed by atoms with Gasteiger partial charge in [-0.05, 0) is 13.8 Å². The SMILES string of the molecule is CNC(=O)C(C)(C)CNCc1noc(C)n1. The van der Waals surface area contributed by atoms with Crippen LogP contribution in [0.3, 0.4) is 0 Å². The quantitative estimate of drug-likeness (QED) is 0.751. The first-order valence-corrected chi connectivity index (χ1v) is 5.18. The molecule has 1 aromatic heterocycles. The van der Waals surface area contributed by atoms with Gasteiger partial charge in [0.15, 0.2) is 5.82 Å². The van der Waals surface area contributed by atoms with Crippen molar-refractivity contribution in [1.82, 2.24) is 20.8 Å². The molecule has 0 atom stereocenters. The molecule has 0 aromatic carbocycles. The summed E-state index contributed by atoms with van der Waals surface area (Å²) in [7, 11) is 1.63. The van der Waals surface area contributed by atoms with Crippen LogP contribution in [-0.2, 0) is 11.3 Å². The molecular formula is C10H18N4O2. The fraction of sp³-hybridized carbons (Fsp3) is 0.700. The average Bonchev–Trinajstić information content (AvgIpc) is 2.62. The molecule has 6 heteroatoms.